The number of carbonyl (C=O) groups is 2. The summed E-state index contributed by atoms with van der Waals surface area (Å²) in [6.07, 6.45) is 5.79. The highest BCUT2D eigenvalue weighted by Gasteiger charge is 2.20. The molecule has 0 aliphatic carbocycles. The molecule has 4 rings (SSSR count). The van der Waals surface area contributed by atoms with Crippen LogP contribution >= 0.6 is 0 Å². The summed E-state index contributed by atoms with van der Waals surface area (Å²) in [6, 6.07) is 9.48. The summed E-state index contributed by atoms with van der Waals surface area (Å²) in [5.74, 6) is -0.124. The van der Waals surface area contributed by atoms with Gasteiger partial charge in [-0.2, -0.15) is 5.26 Å². The molecule has 1 aromatic carbocycles. The zero-order chi connectivity index (χ0) is 22.0. The van der Waals surface area contributed by atoms with Crippen molar-refractivity contribution in [1.29, 1.82) is 5.26 Å². The third-order valence-electron chi connectivity index (χ3n) is 4.54. The molecular formula is C21H16N8O2. The maximum absolute atomic E-state index is 13.1. The molecule has 3 aromatic heterocycles. The van der Waals surface area contributed by atoms with Crippen LogP contribution in [-0.4, -0.2) is 31.3 Å². The van der Waals surface area contributed by atoms with Gasteiger partial charge in [-0.1, -0.05) is 6.07 Å². The van der Waals surface area contributed by atoms with Crippen molar-refractivity contribution in [3.05, 3.63) is 71.9 Å². The smallest absolute Gasteiger partial charge is 0.323 e. The van der Waals surface area contributed by atoms with E-state index >= 15 is 0 Å². The summed E-state index contributed by atoms with van der Waals surface area (Å²) in [5.41, 5.74) is 8.31. The van der Waals surface area contributed by atoms with Gasteiger partial charge >= 0.3 is 6.03 Å². The standard InChI is InChI=1S/C21H16N8O2/c1-29-10-16(17-19(23)25-11-26-20(17)29)18(30)13-6-15(9-24-8-13)28-21(31)27-14-4-2-3-12(5-14)7-22/h2-6,8-11H,1H3,(H2,23,25,26)(H2,27,28,31). The number of nitrogens with zero attached hydrogens (tertiary/aromatic N) is 5. The van der Waals surface area contributed by atoms with Gasteiger partial charge in [0, 0.05) is 30.7 Å². The third kappa shape index (κ3) is 3.88. The lowest BCUT2D eigenvalue weighted by Gasteiger charge is -2.08. The van der Waals surface area contributed by atoms with Crippen molar-refractivity contribution in [2.75, 3.05) is 16.4 Å². The molecule has 10 heteroatoms. The predicted octanol–water partition coefficient (Wildman–Crippen LogP) is 2.69. The minimum Gasteiger partial charge on any atom is -0.383 e. The average Bonchev–Trinajstić information content (AvgIpc) is 3.11. The van der Waals surface area contributed by atoms with Crippen LogP contribution in [0, 0.1) is 11.3 Å². The summed E-state index contributed by atoms with van der Waals surface area (Å²) in [7, 11) is 1.76. The lowest BCUT2D eigenvalue weighted by molar-refractivity contribution is 0.103. The van der Waals surface area contributed by atoms with Gasteiger partial charge in [-0.3, -0.25) is 9.78 Å². The molecule has 0 saturated heterocycles. The van der Waals surface area contributed by atoms with E-state index in [-0.39, 0.29) is 17.2 Å². The maximum atomic E-state index is 13.1. The molecule has 0 saturated carbocycles. The first-order valence-corrected chi connectivity index (χ1v) is 9.09. The zero-order valence-corrected chi connectivity index (χ0v) is 16.3. The number of nitrogens with two attached hydrogens (primary N) is 1. The fraction of sp³-hybridized carbons (Fsp3) is 0.0476. The van der Waals surface area contributed by atoms with Gasteiger partial charge in [0.15, 0.2) is 5.78 Å². The fourth-order valence-electron chi connectivity index (χ4n) is 3.15. The number of fused-ring (bicyclic) bond motifs is 1. The number of urea groups is 1. The van der Waals surface area contributed by atoms with Gasteiger partial charge in [0.05, 0.1) is 34.5 Å². The molecule has 2 amide bonds. The third-order valence-corrected chi connectivity index (χ3v) is 4.54. The van der Waals surface area contributed by atoms with Gasteiger partial charge in [0.25, 0.3) is 0 Å². The van der Waals surface area contributed by atoms with Crippen molar-refractivity contribution in [2.24, 2.45) is 7.05 Å². The zero-order valence-electron chi connectivity index (χ0n) is 16.3. The fourth-order valence-corrected chi connectivity index (χ4v) is 3.15. The Morgan fingerprint density at radius 3 is 2.74 bits per heavy atom. The van der Waals surface area contributed by atoms with Gasteiger partial charge in [0.1, 0.15) is 17.8 Å². The van der Waals surface area contributed by atoms with Crippen LogP contribution in [0.15, 0.2) is 55.2 Å². The predicted molar refractivity (Wildman–Crippen MR) is 114 cm³/mol. The highest BCUT2D eigenvalue weighted by atomic mass is 16.2. The molecule has 10 nitrogen and oxygen atoms in total. The van der Waals surface area contributed by atoms with Crippen molar-refractivity contribution < 1.29 is 9.59 Å². The number of ketones is 1. The van der Waals surface area contributed by atoms with E-state index in [2.05, 4.69) is 25.6 Å². The van der Waals surface area contributed by atoms with Crippen LogP contribution in [0.2, 0.25) is 0 Å². The van der Waals surface area contributed by atoms with Gasteiger partial charge in [-0.15, -0.1) is 0 Å². The lowest BCUT2D eigenvalue weighted by atomic mass is 10.1. The summed E-state index contributed by atoms with van der Waals surface area (Å²) >= 11 is 0. The Hall–Kier alpha value is -4.78. The molecule has 3 heterocycles. The number of rotatable bonds is 4. The van der Waals surface area contributed by atoms with Gasteiger partial charge < -0.3 is 20.9 Å². The normalized spacial score (nSPS) is 10.5. The number of hydrogen-bond acceptors (Lipinski definition) is 7. The van der Waals surface area contributed by atoms with Crippen LogP contribution in [0.1, 0.15) is 21.5 Å². The van der Waals surface area contributed by atoms with Crippen molar-refractivity contribution in [1.82, 2.24) is 19.5 Å². The molecule has 0 radical (unpaired) electrons. The Kier molecular flexibility index (Phi) is 4.99. The van der Waals surface area contributed by atoms with Crippen molar-refractivity contribution >= 4 is 40.0 Å². The van der Waals surface area contributed by atoms with Crippen LogP contribution in [-0.2, 0) is 7.05 Å². The SMILES string of the molecule is Cn1cc(C(=O)c2cncc(NC(=O)Nc3cccc(C#N)c3)c2)c2c(N)ncnc21. The number of nitrogens with one attached hydrogen (secondary N) is 2. The summed E-state index contributed by atoms with van der Waals surface area (Å²) < 4.78 is 1.69. The number of nitrogen functional groups attached to an aromatic ring is 1. The quantitative estimate of drug-likeness (QED) is 0.436. The first-order valence-electron chi connectivity index (χ1n) is 9.09. The van der Waals surface area contributed by atoms with E-state index in [1.807, 2.05) is 6.07 Å². The van der Waals surface area contributed by atoms with Crippen LogP contribution in [0.4, 0.5) is 22.0 Å². The van der Waals surface area contributed by atoms with E-state index in [9.17, 15) is 9.59 Å². The molecule has 0 bridgehead atoms. The van der Waals surface area contributed by atoms with Crippen LogP contribution in [0.25, 0.3) is 11.0 Å². The van der Waals surface area contributed by atoms with Crippen LogP contribution < -0.4 is 16.4 Å². The average molecular weight is 412 g/mol. The van der Waals surface area contributed by atoms with Gasteiger partial charge in [0.2, 0.25) is 0 Å². The number of pyridine rings is 1. The number of hydrogen-bond donors (Lipinski definition) is 3. The second-order valence-corrected chi connectivity index (χ2v) is 6.67. The van der Waals surface area contributed by atoms with Gasteiger partial charge in [-0.25, -0.2) is 14.8 Å². The molecule has 0 atom stereocenters. The largest absolute Gasteiger partial charge is 0.383 e. The first-order chi connectivity index (χ1) is 15.0. The van der Waals surface area contributed by atoms with Crippen molar-refractivity contribution in [3.8, 4) is 6.07 Å². The molecule has 0 aliphatic rings. The second kappa shape index (κ2) is 7.92. The lowest BCUT2D eigenvalue weighted by Crippen LogP contribution is -2.19. The van der Waals surface area contributed by atoms with Crippen molar-refractivity contribution in [2.45, 2.75) is 0 Å². The summed E-state index contributed by atoms with van der Waals surface area (Å²) in [4.78, 5) is 37.6. The van der Waals surface area contributed by atoms with E-state index < -0.39 is 6.03 Å². The number of amides is 2. The minimum absolute atomic E-state index is 0.204. The topological polar surface area (TPSA) is 152 Å². The molecule has 152 valence electrons. The number of benzene rings is 1. The molecule has 0 fully saturated rings. The van der Waals surface area contributed by atoms with Gasteiger partial charge in [-0.05, 0) is 24.3 Å². The Morgan fingerprint density at radius 2 is 1.94 bits per heavy atom. The maximum Gasteiger partial charge on any atom is 0.323 e. The van der Waals surface area contributed by atoms with E-state index in [0.717, 1.165) is 0 Å². The molecule has 0 aliphatic heterocycles. The number of carbonyl (C=O) groups excluding carboxylic acids is 2. The van der Waals surface area contributed by atoms with E-state index in [0.29, 0.717) is 33.5 Å². The minimum atomic E-state index is -0.538. The number of aromatic nitrogens is 4. The Morgan fingerprint density at radius 1 is 1.13 bits per heavy atom. The highest BCUT2D eigenvalue weighted by Crippen LogP contribution is 2.25. The van der Waals surface area contributed by atoms with E-state index in [1.165, 1.54) is 24.8 Å². The van der Waals surface area contributed by atoms with Crippen LogP contribution in [0.3, 0.4) is 0 Å². The number of anilines is 3. The molecule has 0 unspecified atom stereocenters. The Bertz CT molecular complexity index is 1370. The molecule has 31 heavy (non-hydrogen) atoms. The Balaban J connectivity index is 1.57. The number of nitriles is 1. The highest BCUT2D eigenvalue weighted by molar-refractivity contribution is 6.18. The second-order valence-electron chi connectivity index (χ2n) is 6.67. The summed E-state index contributed by atoms with van der Waals surface area (Å²) in [6.45, 7) is 0. The molecule has 4 N–H and O–H groups in total. The Labute approximate surface area is 176 Å². The van der Waals surface area contributed by atoms with Crippen molar-refractivity contribution in [3.63, 3.8) is 0 Å². The monoisotopic (exact) mass is 412 g/mol. The molecule has 0 spiro atoms. The number of aryl methyl sites for hydroxylation is 1. The van der Waals surface area contributed by atoms with E-state index in [1.54, 1.807) is 42.1 Å². The van der Waals surface area contributed by atoms with E-state index in [4.69, 9.17) is 11.0 Å². The van der Waals surface area contributed by atoms with Crippen LogP contribution in [0.5, 0.6) is 0 Å². The molecule has 4 aromatic rings. The summed E-state index contributed by atoms with van der Waals surface area (Å²) in [5, 5.41) is 14.7. The molecular weight excluding hydrogens is 396 g/mol. The first kappa shape index (κ1) is 19.5.